The highest BCUT2D eigenvalue weighted by Gasteiger charge is 2.28. The van der Waals surface area contributed by atoms with Crippen LogP contribution in [0.3, 0.4) is 0 Å². The quantitative estimate of drug-likeness (QED) is 0.317. The van der Waals surface area contributed by atoms with Gasteiger partial charge >= 0.3 is 0 Å². The summed E-state index contributed by atoms with van der Waals surface area (Å²) in [6.45, 7) is 25.6. The van der Waals surface area contributed by atoms with Crippen LogP contribution in [0.15, 0.2) is 0 Å². The van der Waals surface area contributed by atoms with Gasteiger partial charge in [0, 0.05) is 30.2 Å². The molecular weight excluding hydrogens is 322 g/mol. The topological polar surface area (TPSA) is 42.6 Å². The van der Waals surface area contributed by atoms with Gasteiger partial charge in [-0.2, -0.15) is 5.12 Å². The third kappa shape index (κ3) is 11.5. The zero-order valence-corrected chi connectivity index (χ0v) is 19.5. The van der Waals surface area contributed by atoms with Crippen molar-refractivity contribution in [2.24, 2.45) is 0 Å². The molecule has 0 aliphatic rings. The maximum atomic E-state index is 3.84. The summed E-state index contributed by atoms with van der Waals surface area (Å²) in [6, 6.07) is 0.405. The van der Waals surface area contributed by atoms with Gasteiger partial charge < -0.3 is 5.32 Å². The molecule has 0 fully saturated rings. The SMILES string of the molecule is CCCNC(C)(C)CCCC(NC(C)(C)C)N(NC(C)C)N(CC)CC. The summed E-state index contributed by atoms with van der Waals surface area (Å²) in [5.41, 5.74) is 3.94. The van der Waals surface area contributed by atoms with Gasteiger partial charge in [-0.15, -0.1) is 0 Å². The van der Waals surface area contributed by atoms with Crippen molar-refractivity contribution in [1.82, 2.24) is 26.2 Å². The molecule has 3 N–H and O–H groups in total. The molecular formula is C21H49N5. The predicted molar refractivity (Wildman–Crippen MR) is 116 cm³/mol. The monoisotopic (exact) mass is 371 g/mol. The molecule has 158 valence electrons. The van der Waals surface area contributed by atoms with Crippen molar-refractivity contribution in [2.45, 2.75) is 118 Å². The first-order valence-electron chi connectivity index (χ1n) is 10.8. The largest absolute Gasteiger partial charge is 0.312 e. The van der Waals surface area contributed by atoms with Crippen molar-refractivity contribution in [3.63, 3.8) is 0 Å². The van der Waals surface area contributed by atoms with Gasteiger partial charge in [-0.25, -0.2) is 10.4 Å². The Morgan fingerprint density at radius 2 is 1.50 bits per heavy atom. The van der Waals surface area contributed by atoms with E-state index in [0.717, 1.165) is 26.1 Å². The summed E-state index contributed by atoms with van der Waals surface area (Å²) in [6.07, 6.45) is 4.95. The van der Waals surface area contributed by atoms with Gasteiger partial charge in [0.15, 0.2) is 0 Å². The van der Waals surface area contributed by atoms with Crippen molar-refractivity contribution >= 4 is 0 Å². The van der Waals surface area contributed by atoms with Gasteiger partial charge in [0.25, 0.3) is 0 Å². The average molecular weight is 372 g/mol. The Labute approximate surface area is 164 Å². The Morgan fingerprint density at radius 1 is 0.923 bits per heavy atom. The average Bonchev–Trinajstić information content (AvgIpc) is 2.50. The predicted octanol–water partition coefficient (Wildman–Crippen LogP) is 4.12. The molecule has 1 atom stereocenters. The molecule has 0 radical (unpaired) electrons. The van der Waals surface area contributed by atoms with Gasteiger partial charge in [0.2, 0.25) is 0 Å². The van der Waals surface area contributed by atoms with E-state index < -0.39 is 0 Å². The number of hydrogen-bond acceptors (Lipinski definition) is 5. The molecule has 0 spiro atoms. The molecule has 0 rings (SSSR count). The van der Waals surface area contributed by atoms with Crippen LogP contribution in [0.4, 0.5) is 0 Å². The lowest BCUT2D eigenvalue weighted by Gasteiger charge is -2.44. The Bertz CT molecular complexity index is 345. The summed E-state index contributed by atoms with van der Waals surface area (Å²) in [4.78, 5) is 0. The van der Waals surface area contributed by atoms with Crippen molar-refractivity contribution < 1.29 is 0 Å². The smallest absolute Gasteiger partial charge is 0.0897 e. The van der Waals surface area contributed by atoms with Gasteiger partial charge in [0.05, 0.1) is 6.17 Å². The van der Waals surface area contributed by atoms with E-state index in [-0.39, 0.29) is 17.2 Å². The van der Waals surface area contributed by atoms with Crippen LogP contribution in [0.5, 0.6) is 0 Å². The number of rotatable bonds is 14. The second-order valence-electron chi connectivity index (χ2n) is 9.38. The fourth-order valence-electron chi connectivity index (χ4n) is 3.21. The van der Waals surface area contributed by atoms with E-state index in [2.05, 4.69) is 95.4 Å². The maximum absolute atomic E-state index is 3.84. The minimum Gasteiger partial charge on any atom is -0.312 e. The van der Waals surface area contributed by atoms with E-state index in [1.165, 1.54) is 19.3 Å². The molecule has 0 aromatic heterocycles. The van der Waals surface area contributed by atoms with Crippen LogP contribution in [-0.2, 0) is 0 Å². The number of nitrogens with zero attached hydrogens (tertiary/aromatic N) is 2. The van der Waals surface area contributed by atoms with Gasteiger partial charge in [-0.3, -0.25) is 5.32 Å². The standard InChI is InChI=1S/C21H49N5/c1-11-17-22-21(9,10)16-14-15-19(23-20(6,7)8)26(24-18(4)5)25(12-2)13-3/h18-19,22-24H,11-17H2,1-10H3. The van der Waals surface area contributed by atoms with Crippen molar-refractivity contribution in [3.05, 3.63) is 0 Å². The molecule has 26 heavy (non-hydrogen) atoms. The Hall–Kier alpha value is -0.200. The van der Waals surface area contributed by atoms with E-state index in [1.807, 2.05) is 0 Å². The Kier molecular flexibility index (Phi) is 12.2. The van der Waals surface area contributed by atoms with Gasteiger partial charge in [0.1, 0.15) is 0 Å². The molecule has 0 aliphatic heterocycles. The lowest BCUT2D eigenvalue weighted by molar-refractivity contribution is -0.123. The molecule has 0 aromatic carbocycles. The lowest BCUT2D eigenvalue weighted by Crippen LogP contribution is -2.64. The summed E-state index contributed by atoms with van der Waals surface area (Å²) in [5.74, 6) is 0. The molecule has 0 saturated heterocycles. The zero-order valence-electron chi connectivity index (χ0n) is 19.5. The lowest BCUT2D eigenvalue weighted by atomic mass is 9.96. The Morgan fingerprint density at radius 3 is 1.92 bits per heavy atom. The first kappa shape index (κ1) is 25.8. The second-order valence-corrected chi connectivity index (χ2v) is 9.38. The first-order valence-corrected chi connectivity index (χ1v) is 10.8. The van der Waals surface area contributed by atoms with Crippen LogP contribution in [0.1, 0.15) is 94.9 Å². The molecule has 0 amide bonds. The molecule has 1 unspecified atom stereocenters. The second kappa shape index (κ2) is 12.3. The molecule has 0 saturated carbocycles. The summed E-state index contributed by atoms with van der Waals surface area (Å²) in [5, 5.41) is 12.3. The van der Waals surface area contributed by atoms with Gasteiger partial charge in [-0.05, 0) is 80.7 Å². The van der Waals surface area contributed by atoms with Gasteiger partial charge in [-0.1, -0.05) is 20.8 Å². The molecule has 0 aliphatic carbocycles. The van der Waals surface area contributed by atoms with Crippen molar-refractivity contribution in [3.8, 4) is 0 Å². The number of hydrogen-bond donors (Lipinski definition) is 3. The first-order chi connectivity index (χ1) is 12.0. The van der Waals surface area contributed by atoms with E-state index in [1.54, 1.807) is 0 Å². The number of nitrogens with one attached hydrogen (secondary N) is 3. The van der Waals surface area contributed by atoms with E-state index in [0.29, 0.717) is 6.04 Å². The third-order valence-corrected chi connectivity index (χ3v) is 4.45. The van der Waals surface area contributed by atoms with Crippen LogP contribution in [0.2, 0.25) is 0 Å². The zero-order chi connectivity index (χ0) is 20.4. The highest BCUT2D eigenvalue weighted by atomic mass is 15.8. The molecule has 0 bridgehead atoms. The van der Waals surface area contributed by atoms with Crippen LogP contribution in [-0.4, -0.2) is 53.0 Å². The van der Waals surface area contributed by atoms with Crippen LogP contribution in [0.25, 0.3) is 0 Å². The van der Waals surface area contributed by atoms with Crippen molar-refractivity contribution in [2.75, 3.05) is 19.6 Å². The minimum atomic E-state index is 0.0741. The minimum absolute atomic E-state index is 0.0741. The van der Waals surface area contributed by atoms with E-state index >= 15 is 0 Å². The molecule has 0 aromatic rings. The highest BCUT2D eigenvalue weighted by molar-refractivity contribution is 4.81. The maximum Gasteiger partial charge on any atom is 0.0897 e. The Balaban J connectivity index is 5.10. The van der Waals surface area contributed by atoms with E-state index in [9.17, 15) is 0 Å². The molecule has 0 heterocycles. The normalized spacial score (nSPS) is 14.7. The summed E-state index contributed by atoms with van der Waals surface area (Å²) >= 11 is 0. The third-order valence-electron chi connectivity index (χ3n) is 4.45. The van der Waals surface area contributed by atoms with E-state index in [4.69, 9.17) is 0 Å². The fraction of sp³-hybridized carbons (Fsp3) is 1.00. The molecule has 5 heteroatoms. The fourth-order valence-corrected chi connectivity index (χ4v) is 3.21. The van der Waals surface area contributed by atoms with Crippen LogP contribution in [0, 0.1) is 0 Å². The van der Waals surface area contributed by atoms with Crippen molar-refractivity contribution in [1.29, 1.82) is 0 Å². The summed E-state index contributed by atoms with van der Waals surface area (Å²) in [7, 11) is 0. The highest BCUT2D eigenvalue weighted by Crippen LogP contribution is 2.18. The number of hydrazine groups is 2. The van der Waals surface area contributed by atoms with Crippen LogP contribution >= 0.6 is 0 Å². The molecule has 5 nitrogen and oxygen atoms in total. The summed E-state index contributed by atoms with van der Waals surface area (Å²) < 4.78 is 0. The van der Waals surface area contributed by atoms with Crippen LogP contribution < -0.4 is 16.1 Å².